The second-order valence-corrected chi connectivity index (χ2v) is 12.2. The summed E-state index contributed by atoms with van der Waals surface area (Å²) >= 11 is 6.38. The number of rotatable bonds is 8. The molecule has 13 heteroatoms. The minimum Gasteiger partial charge on any atom is -0.497 e. The maximum absolute atomic E-state index is 14.9. The maximum atomic E-state index is 14.9. The molecule has 0 bridgehead atoms. The van der Waals surface area contributed by atoms with Gasteiger partial charge in [-0.1, -0.05) is 23.7 Å². The summed E-state index contributed by atoms with van der Waals surface area (Å²) in [4.78, 5) is 30.2. The number of alkyl halides is 5. The Balaban J connectivity index is 1.36. The van der Waals surface area contributed by atoms with Gasteiger partial charge in [0, 0.05) is 51.5 Å². The maximum Gasteiger partial charge on any atom is 0.457 e. The summed E-state index contributed by atoms with van der Waals surface area (Å²) in [6.45, 7) is 1.47. The van der Waals surface area contributed by atoms with Crippen molar-refractivity contribution in [2.75, 3.05) is 52.3 Å². The molecule has 242 valence electrons. The van der Waals surface area contributed by atoms with Crippen LogP contribution >= 0.6 is 11.6 Å². The lowest BCUT2D eigenvalue weighted by molar-refractivity contribution is -0.339. The highest BCUT2D eigenvalue weighted by atomic mass is 35.5. The Morgan fingerprint density at radius 1 is 0.955 bits per heavy atom. The number of carbonyl (C=O) groups excluding carboxylic acids is 2. The molecule has 2 saturated heterocycles. The first-order valence-corrected chi connectivity index (χ1v) is 14.8. The molecule has 2 aliphatic heterocycles. The van der Waals surface area contributed by atoms with Crippen molar-refractivity contribution < 1.29 is 41.4 Å². The van der Waals surface area contributed by atoms with E-state index < -0.39 is 29.2 Å². The zero-order valence-corrected chi connectivity index (χ0v) is 25.6. The summed E-state index contributed by atoms with van der Waals surface area (Å²) in [5.74, 6) is -7.14. The number of piperidine rings is 2. The third-order valence-electron chi connectivity index (χ3n) is 8.74. The molecule has 2 aromatic carbocycles. The first kappa shape index (κ1) is 33.8. The van der Waals surface area contributed by atoms with Crippen molar-refractivity contribution in [2.45, 2.75) is 49.8 Å². The number of benzene rings is 2. The highest BCUT2D eigenvalue weighted by Crippen LogP contribution is 2.50. The Hall–Kier alpha value is -3.12. The average molecular weight is 646 g/mol. The van der Waals surface area contributed by atoms with E-state index in [1.807, 2.05) is 6.07 Å². The second kappa shape index (κ2) is 13.1. The number of amides is 2. The predicted octanol–water partition coefficient (Wildman–Crippen LogP) is 5.98. The van der Waals surface area contributed by atoms with Crippen LogP contribution in [0.5, 0.6) is 5.75 Å². The summed E-state index contributed by atoms with van der Waals surface area (Å²) < 4.78 is 75.3. The average Bonchev–Trinajstić information content (AvgIpc) is 3.00. The Labute approximate surface area is 258 Å². The minimum absolute atomic E-state index is 0.0426. The Kier molecular flexibility index (Phi) is 10.0. The van der Waals surface area contributed by atoms with E-state index in [0.29, 0.717) is 29.3 Å². The van der Waals surface area contributed by atoms with E-state index in [1.165, 1.54) is 18.1 Å². The molecule has 0 radical (unpaired) electrons. The fourth-order valence-electron chi connectivity index (χ4n) is 6.11. The number of halogens is 6. The van der Waals surface area contributed by atoms with Gasteiger partial charge in [-0.15, -0.1) is 0 Å². The van der Waals surface area contributed by atoms with E-state index >= 15 is 0 Å². The molecule has 2 aromatic rings. The lowest BCUT2D eigenvalue weighted by atomic mass is 9.81. The van der Waals surface area contributed by atoms with E-state index in [-0.39, 0.29) is 30.7 Å². The second-order valence-electron chi connectivity index (χ2n) is 11.8. The Morgan fingerprint density at radius 3 is 2.07 bits per heavy atom. The fraction of sp³-hybridized carbons (Fsp3) is 0.548. The number of methoxy groups -OCH3 is 1. The molecule has 2 amide bonds. The lowest BCUT2D eigenvalue weighted by Crippen LogP contribution is -2.63. The fourth-order valence-corrected chi connectivity index (χ4v) is 6.36. The zero-order valence-electron chi connectivity index (χ0n) is 24.8. The molecule has 1 N–H and O–H groups in total. The van der Waals surface area contributed by atoms with E-state index in [2.05, 4.69) is 4.90 Å². The van der Waals surface area contributed by atoms with Crippen molar-refractivity contribution in [3.8, 4) is 5.75 Å². The third kappa shape index (κ3) is 6.61. The summed E-state index contributed by atoms with van der Waals surface area (Å²) in [6, 6.07) is 9.54. The Bertz CT molecular complexity index is 1340. The number of carbonyl (C=O) groups is 2. The number of nitrogens with zero attached hydrogens (tertiary/aromatic N) is 3. The predicted molar refractivity (Wildman–Crippen MR) is 156 cm³/mol. The molecule has 2 aliphatic rings. The van der Waals surface area contributed by atoms with Crippen LogP contribution in [-0.4, -0.2) is 86.2 Å². The molecule has 1 atom stereocenters. The first-order chi connectivity index (χ1) is 20.6. The molecule has 7 nitrogen and oxygen atoms in total. The van der Waals surface area contributed by atoms with Gasteiger partial charge in [0.15, 0.2) is 0 Å². The monoisotopic (exact) mass is 645 g/mol. The van der Waals surface area contributed by atoms with Crippen LogP contribution in [0.1, 0.15) is 48.0 Å². The SMILES string of the molecule is COc1cccc([C@@](O)(C(=O)N2CCC(CC3CCN(c4ccc(C(=O)N(C)C)c(Cl)c4)CC3)CC2)C(F)(F)C(F)(F)F)c1. The van der Waals surface area contributed by atoms with Gasteiger partial charge >= 0.3 is 12.1 Å². The van der Waals surface area contributed by atoms with Crippen molar-refractivity contribution in [3.63, 3.8) is 0 Å². The summed E-state index contributed by atoms with van der Waals surface area (Å²) in [5.41, 5.74) is -3.68. The molecular formula is C31H37ClF5N3O4. The highest BCUT2D eigenvalue weighted by molar-refractivity contribution is 6.34. The van der Waals surface area contributed by atoms with Gasteiger partial charge < -0.3 is 24.5 Å². The molecule has 0 spiro atoms. The van der Waals surface area contributed by atoms with Crippen LogP contribution < -0.4 is 9.64 Å². The number of anilines is 1. The molecule has 0 aromatic heterocycles. The minimum atomic E-state index is -6.18. The molecule has 2 fully saturated rings. The quantitative estimate of drug-likeness (QED) is 0.358. The van der Waals surface area contributed by atoms with Gasteiger partial charge in [-0.25, -0.2) is 0 Å². The molecule has 0 unspecified atom stereocenters. The largest absolute Gasteiger partial charge is 0.497 e. The summed E-state index contributed by atoms with van der Waals surface area (Å²) in [5, 5.41) is 11.4. The smallest absolute Gasteiger partial charge is 0.457 e. The number of aliphatic hydroxyl groups is 1. The standard InChI is InChI=1S/C31H37ClF5N3O4/c1-38(2)27(41)25-8-7-23(19-26(25)32)39-13-9-20(10-14-39)17-21-11-15-40(16-12-21)28(42)29(43,30(33,34)31(35,36)37)22-5-4-6-24(18-22)44-3/h4-8,18-21,43H,9-17H2,1-3H3/t29-/m1/s1. The van der Waals surface area contributed by atoms with E-state index in [9.17, 15) is 36.6 Å². The van der Waals surface area contributed by atoms with E-state index in [1.54, 1.807) is 26.2 Å². The molecule has 4 rings (SSSR count). The van der Waals surface area contributed by atoms with Crippen LogP contribution in [0.4, 0.5) is 27.6 Å². The molecule has 0 saturated carbocycles. The van der Waals surface area contributed by atoms with Crippen molar-refractivity contribution in [1.82, 2.24) is 9.80 Å². The lowest BCUT2D eigenvalue weighted by Gasteiger charge is -2.42. The summed E-state index contributed by atoms with van der Waals surface area (Å²) in [6.07, 6.45) is -2.70. The molecule has 44 heavy (non-hydrogen) atoms. The van der Waals surface area contributed by atoms with Crippen molar-refractivity contribution in [2.24, 2.45) is 11.8 Å². The van der Waals surface area contributed by atoms with Crippen LogP contribution in [0.25, 0.3) is 0 Å². The van der Waals surface area contributed by atoms with Gasteiger partial charge in [-0.05, 0) is 74.3 Å². The normalized spacial score (nSPS) is 18.6. The van der Waals surface area contributed by atoms with Gasteiger partial charge in [0.1, 0.15) is 5.75 Å². The van der Waals surface area contributed by atoms with Crippen LogP contribution in [-0.2, 0) is 10.4 Å². The summed E-state index contributed by atoms with van der Waals surface area (Å²) in [7, 11) is 4.51. The number of ether oxygens (including phenoxy) is 1. The molecule has 0 aliphatic carbocycles. The first-order valence-electron chi connectivity index (χ1n) is 14.5. The zero-order chi connectivity index (χ0) is 32.4. The highest BCUT2D eigenvalue weighted by Gasteiger charge is 2.74. The van der Waals surface area contributed by atoms with E-state index in [4.69, 9.17) is 16.3 Å². The third-order valence-corrected chi connectivity index (χ3v) is 9.06. The van der Waals surface area contributed by atoms with Crippen LogP contribution in [0.3, 0.4) is 0 Å². The van der Waals surface area contributed by atoms with Gasteiger partial charge in [0.2, 0.25) is 5.60 Å². The Morgan fingerprint density at radius 2 is 1.55 bits per heavy atom. The van der Waals surface area contributed by atoms with Crippen molar-refractivity contribution >= 4 is 29.1 Å². The number of hydrogen-bond acceptors (Lipinski definition) is 5. The molecule has 2 heterocycles. The van der Waals surface area contributed by atoms with Gasteiger partial charge in [0.05, 0.1) is 17.7 Å². The van der Waals surface area contributed by atoms with Crippen molar-refractivity contribution in [3.05, 3.63) is 58.6 Å². The number of likely N-dealkylation sites (tertiary alicyclic amines) is 1. The van der Waals surface area contributed by atoms with Crippen LogP contribution in [0.2, 0.25) is 5.02 Å². The van der Waals surface area contributed by atoms with E-state index in [0.717, 1.165) is 61.1 Å². The van der Waals surface area contributed by atoms with Crippen LogP contribution in [0, 0.1) is 11.8 Å². The topological polar surface area (TPSA) is 73.3 Å². The number of hydrogen-bond donors (Lipinski definition) is 1. The van der Waals surface area contributed by atoms with Crippen LogP contribution in [0.15, 0.2) is 42.5 Å². The van der Waals surface area contributed by atoms with Gasteiger partial charge in [0.25, 0.3) is 11.8 Å². The van der Waals surface area contributed by atoms with Gasteiger partial charge in [-0.3, -0.25) is 9.59 Å². The van der Waals surface area contributed by atoms with Gasteiger partial charge in [-0.2, -0.15) is 22.0 Å². The molecular weight excluding hydrogens is 609 g/mol. The van der Waals surface area contributed by atoms with Crippen molar-refractivity contribution in [1.29, 1.82) is 0 Å².